The summed E-state index contributed by atoms with van der Waals surface area (Å²) in [4.78, 5) is 18.1. The van der Waals surface area contributed by atoms with Gasteiger partial charge in [0.05, 0.1) is 6.61 Å². The van der Waals surface area contributed by atoms with E-state index in [1.807, 2.05) is 0 Å². The first kappa shape index (κ1) is 16.9. The Morgan fingerprint density at radius 1 is 0.950 bits per heavy atom. The predicted molar refractivity (Wildman–Crippen MR) is 83.6 cm³/mol. The Balaban J connectivity index is 2.09. The molecule has 1 atom stereocenters. The van der Waals surface area contributed by atoms with Gasteiger partial charge >= 0.3 is 7.82 Å². The molecule has 2 N–H and O–H groups in total. The lowest BCUT2D eigenvalue weighted by molar-refractivity contribution is 0.0961. The number of phosphoric ester groups is 1. The Bertz CT molecular complexity index is 325. The fourth-order valence-electron chi connectivity index (χ4n) is 4.05. The smallest absolute Gasteiger partial charge is 0.303 e. The van der Waals surface area contributed by atoms with Crippen molar-refractivity contribution in [3.05, 3.63) is 0 Å². The van der Waals surface area contributed by atoms with Crippen LogP contribution in [0.15, 0.2) is 0 Å². The number of rotatable bonds is 5. The van der Waals surface area contributed by atoms with Crippen molar-refractivity contribution in [3.63, 3.8) is 0 Å². The van der Waals surface area contributed by atoms with Crippen LogP contribution in [0.25, 0.3) is 0 Å². The van der Waals surface area contributed by atoms with E-state index in [1.54, 1.807) is 0 Å². The summed E-state index contributed by atoms with van der Waals surface area (Å²) in [5.74, 6) is 1.05. The maximum atomic E-state index is 11.1. The van der Waals surface area contributed by atoms with Crippen molar-refractivity contribution in [2.45, 2.75) is 69.4 Å². The molecule has 2 saturated carbocycles. The molecule has 2 rings (SSSR count). The van der Waals surface area contributed by atoms with Crippen LogP contribution in [-0.4, -0.2) is 21.5 Å². The predicted octanol–water partition coefficient (Wildman–Crippen LogP) is 3.87. The summed E-state index contributed by atoms with van der Waals surface area (Å²) in [6.45, 7) is 0.178. The molecule has 118 valence electrons. The Labute approximate surface area is 124 Å². The molecule has 20 heavy (non-hydrogen) atoms. The van der Waals surface area contributed by atoms with Crippen molar-refractivity contribution in [2.75, 3.05) is 6.61 Å². The van der Waals surface area contributed by atoms with Crippen LogP contribution in [0.4, 0.5) is 0 Å². The van der Waals surface area contributed by atoms with E-state index in [1.165, 1.54) is 64.2 Å². The first-order chi connectivity index (χ1) is 9.42. The van der Waals surface area contributed by atoms with Gasteiger partial charge in [0.25, 0.3) is 0 Å². The second kappa shape index (κ2) is 7.20. The van der Waals surface area contributed by atoms with Crippen molar-refractivity contribution >= 4 is 17.1 Å². The normalized spacial score (nSPS) is 23.9. The topological polar surface area (TPSA) is 66.8 Å². The zero-order valence-corrected chi connectivity index (χ0v) is 14.2. The second-order valence-corrected chi connectivity index (χ2v) is 8.86. The van der Waals surface area contributed by atoms with Gasteiger partial charge in [-0.1, -0.05) is 38.5 Å². The van der Waals surface area contributed by atoms with Gasteiger partial charge in [0.15, 0.2) is 0 Å². The highest BCUT2D eigenvalue weighted by Crippen LogP contribution is 2.50. The Morgan fingerprint density at radius 2 is 1.35 bits per heavy atom. The van der Waals surface area contributed by atoms with Gasteiger partial charge in [-0.3, -0.25) is 4.52 Å². The third-order valence-corrected chi connectivity index (χ3v) is 6.79. The fourth-order valence-corrected chi connectivity index (χ4v) is 5.33. The molecule has 0 spiro atoms. The van der Waals surface area contributed by atoms with Crippen LogP contribution in [0.5, 0.6) is 0 Å². The van der Waals surface area contributed by atoms with Crippen LogP contribution in [0.1, 0.15) is 64.2 Å². The molecule has 0 amide bonds. The fraction of sp³-hybridized carbons (Fsp3) is 1.00. The van der Waals surface area contributed by atoms with E-state index in [9.17, 15) is 4.57 Å². The molecular formula is C14H28O4P2. The molecule has 0 aromatic heterocycles. The average molecular weight is 322 g/mol. The van der Waals surface area contributed by atoms with Gasteiger partial charge in [-0.15, -0.1) is 9.24 Å². The molecule has 0 radical (unpaired) electrons. The summed E-state index contributed by atoms with van der Waals surface area (Å²) in [6.07, 6.45) is 12.2. The summed E-state index contributed by atoms with van der Waals surface area (Å²) in [5.41, 5.74) is 0. The third kappa shape index (κ3) is 4.52. The molecule has 0 aliphatic heterocycles. The van der Waals surface area contributed by atoms with Gasteiger partial charge in [-0.25, -0.2) is 4.57 Å². The molecule has 2 fully saturated rings. The monoisotopic (exact) mass is 322 g/mol. The van der Waals surface area contributed by atoms with Crippen LogP contribution in [0, 0.1) is 11.8 Å². The van der Waals surface area contributed by atoms with Gasteiger partial charge in [-0.2, -0.15) is 0 Å². The molecule has 0 aromatic rings. The highest BCUT2D eigenvalue weighted by atomic mass is 31.2. The lowest BCUT2D eigenvalue weighted by Gasteiger charge is -2.46. The summed E-state index contributed by atoms with van der Waals surface area (Å²) in [7, 11) is -1.42. The van der Waals surface area contributed by atoms with E-state index >= 15 is 0 Å². The van der Waals surface area contributed by atoms with E-state index in [2.05, 4.69) is 9.24 Å². The zero-order chi connectivity index (χ0) is 14.6. The molecule has 0 heterocycles. The standard InChI is InChI=1S/C14H28O4P2/c15-20(16,17)18-11-14(19,12-7-3-1-4-8-12)13-9-5-2-6-10-13/h12-13H,1-11,19H2,(H2,15,16,17). The van der Waals surface area contributed by atoms with Crippen LogP contribution in [0.3, 0.4) is 0 Å². The average Bonchev–Trinajstić information content (AvgIpc) is 2.46. The molecule has 0 saturated heterocycles. The van der Waals surface area contributed by atoms with Crippen LogP contribution >= 0.6 is 17.1 Å². The van der Waals surface area contributed by atoms with Crippen molar-refractivity contribution in [1.82, 2.24) is 0 Å². The second-order valence-electron chi connectivity index (χ2n) is 6.55. The number of hydrogen-bond donors (Lipinski definition) is 2. The van der Waals surface area contributed by atoms with Crippen molar-refractivity contribution in [3.8, 4) is 0 Å². The van der Waals surface area contributed by atoms with E-state index in [0.29, 0.717) is 11.8 Å². The SMILES string of the molecule is O=P(O)(O)OCC(P)(C1CCCCC1)C1CCCCC1. The molecule has 2 aliphatic carbocycles. The summed E-state index contributed by atoms with van der Waals surface area (Å²) >= 11 is 0. The minimum absolute atomic E-state index is 0.151. The first-order valence-electron chi connectivity index (χ1n) is 7.91. The van der Waals surface area contributed by atoms with Gasteiger partial charge in [0, 0.05) is 5.16 Å². The van der Waals surface area contributed by atoms with E-state index in [-0.39, 0.29) is 11.8 Å². The van der Waals surface area contributed by atoms with Crippen molar-refractivity contribution in [1.29, 1.82) is 0 Å². The van der Waals surface area contributed by atoms with Gasteiger partial charge in [0.1, 0.15) is 0 Å². The molecule has 2 aliphatic rings. The minimum atomic E-state index is -4.38. The highest BCUT2D eigenvalue weighted by molar-refractivity contribution is 7.46. The van der Waals surface area contributed by atoms with Gasteiger partial charge < -0.3 is 9.79 Å². The van der Waals surface area contributed by atoms with Crippen LogP contribution in [0.2, 0.25) is 0 Å². The van der Waals surface area contributed by atoms with Crippen LogP contribution < -0.4 is 0 Å². The molecule has 6 heteroatoms. The zero-order valence-electron chi connectivity index (χ0n) is 12.2. The highest BCUT2D eigenvalue weighted by Gasteiger charge is 2.43. The number of hydrogen-bond acceptors (Lipinski definition) is 2. The summed E-state index contributed by atoms with van der Waals surface area (Å²) in [6, 6.07) is 0. The maximum absolute atomic E-state index is 11.1. The Morgan fingerprint density at radius 3 is 1.70 bits per heavy atom. The quantitative estimate of drug-likeness (QED) is 0.754. The van der Waals surface area contributed by atoms with Gasteiger partial charge in [-0.05, 0) is 37.5 Å². The first-order valence-corrected chi connectivity index (χ1v) is 10.0. The van der Waals surface area contributed by atoms with E-state index < -0.39 is 7.82 Å². The van der Waals surface area contributed by atoms with Gasteiger partial charge in [0.2, 0.25) is 0 Å². The lowest BCUT2D eigenvalue weighted by Crippen LogP contribution is -2.45. The minimum Gasteiger partial charge on any atom is -0.303 e. The molecule has 4 nitrogen and oxygen atoms in total. The summed E-state index contributed by atoms with van der Waals surface area (Å²) in [5, 5.41) is -0.151. The van der Waals surface area contributed by atoms with E-state index in [4.69, 9.17) is 14.3 Å². The molecule has 0 bridgehead atoms. The lowest BCUT2D eigenvalue weighted by atomic mass is 9.69. The molecule has 1 unspecified atom stereocenters. The van der Waals surface area contributed by atoms with E-state index in [0.717, 1.165) is 0 Å². The number of phosphoric acid groups is 1. The largest absolute Gasteiger partial charge is 0.469 e. The van der Waals surface area contributed by atoms with Crippen molar-refractivity contribution in [2.24, 2.45) is 11.8 Å². The Hall–Kier alpha value is 0.540. The maximum Gasteiger partial charge on any atom is 0.469 e. The summed E-state index contributed by atoms with van der Waals surface area (Å²) < 4.78 is 16.1. The molecular weight excluding hydrogens is 294 g/mol. The molecule has 0 aromatic carbocycles. The van der Waals surface area contributed by atoms with Crippen LogP contribution in [-0.2, 0) is 9.09 Å². The Kier molecular flexibility index (Phi) is 6.09. The van der Waals surface area contributed by atoms with Crippen molar-refractivity contribution < 1.29 is 18.9 Å². The third-order valence-electron chi connectivity index (χ3n) is 5.21.